The first-order valence-corrected chi connectivity index (χ1v) is 7.74. The van der Waals surface area contributed by atoms with Gasteiger partial charge in [0.1, 0.15) is 0 Å². The quantitative estimate of drug-likeness (QED) is 0.312. The van der Waals surface area contributed by atoms with Crippen LogP contribution in [-0.2, 0) is 9.47 Å². The molecule has 0 heterocycles. The minimum atomic E-state index is -0.251. The van der Waals surface area contributed by atoms with E-state index in [4.69, 9.17) is 9.47 Å². The van der Waals surface area contributed by atoms with Gasteiger partial charge in [-0.3, -0.25) is 0 Å². The second kappa shape index (κ2) is 14.0. The molecule has 114 valence electrons. The van der Waals surface area contributed by atoms with Gasteiger partial charge in [-0.05, 0) is 33.6 Å². The summed E-state index contributed by atoms with van der Waals surface area (Å²) in [5.74, 6) is 0. The summed E-state index contributed by atoms with van der Waals surface area (Å²) >= 11 is 0. The van der Waals surface area contributed by atoms with Crippen LogP contribution in [0.5, 0.6) is 0 Å². The Morgan fingerprint density at radius 1 is 1.00 bits per heavy atom. The first-order valence-electron chi connectivity index (χ1n) is 7.74. The van der Waals surface area contributed by atoms with Crippen molar-refractivity contribution in [3.05, 3.63) is 12.2 Å². The third-order valence-corrected chi connectivity index (χ3v) is 3.06. The predicted octanol–water partition coefficient (Wildman–Crippen LogP) is 4.05. The van der Waals surface area contributed by atoms with Gasteiger partial charge in [-0.25, -0.2) is 0 Å². The number of aliphatic hydroxyl groups is 1. The van der Waals surface area contributed by atoms with Crippen LogP contribution in [0.25, 0.3) is 0 Å². The summed E-state index contributed by atoms with van der Waals surface area (Å²) < 4.78 is 10.8. The molecule has 3 nitrogen and oxygen atoms in total. The Morgan fingerprint density at radius 2 is 1.63 bits per heavy atom. The molecule has 2 unspecified atom stereocenters. The summed E-state index contributed by atoms with van der Waals surface area (Å²) in [6.45, 7) is 7.37. The zero-order chi connectivity index (χ0) is 14.3. The van der Waals surface area contributed by atoms with Crippen molar-refractivity contribution in [2.75, 3.05) is 13.2 Å². The monoisotopic (exact) mass is 272 g/mol. The van der Waals surface area contributed by atoms with Crippen LogP contribution >= 0.6 is 0 Å². The van der Waals surface area contributed by atoms with E-state index in [-0.39, 0.29) is 12.4 Å². The molecule has 0 spiro atoms. The summed E-state index contributed by atoms with van der Waals surface area (Å²) in [7, 11) is 0. The summed E-state index contributed by atoms with van der Waals surface area (Å²) in [6.07, 6.45) is 11.5. The number of hydrogen-bond acceptors (Lipinski definition) is 3. The van der Waals surface area contributed by atoms with E-state index in [0.29, 0.717) is 6.61 Å². The smallest absolute Gasteiger partial charge is 0.154 e. The van der Waals surface area contributed by atoms with Crippen LogP contribution < -0.4 is 0 Å². The van der Waals surface area contributed by atoms with Gasteiger partial charge in [-0.15, -0.1) is 0 Å². The molecular weight excluding hydrogens is 240 g/mol. The van der Waals surface area contributed by atoms with E-state index in [1.165, 1.54) is 25.7 Å². The standard InChI is InChI=1S/C16H32O3/c1-4-12-16(17)13-10-8-6-7-9-11-14-19-15(3)18-5-2/h4,12,15-17H,5-11,13-14H2,1-3H3. The average molecular weight is 272 g/mol. The highest BCUT2D eigenvalue weighted by molar-refractivity contribution is 4.84. The number of unbranched alkanes of at least 4 members (excludes halogenated alkanes) is 5. The predicted molar refractivity (Wildman–Crippen MR) is 80.2 cm³/mol. The van der Waals surface area contributed by atoms with Crippen molar-refractivity contribution in [2.45, 2.75) is 78.1 Å². The van der Waals surface area contributed by atoms with Gasteiger partial charge >= 0.3 is 0 Å². The van der Waals surface area contributed by atoms with Crippen molar-refractivity contribution in [3.63, 3.8) is 0 Å². The molecular formula is C16H32O3. The van der Waals surface area contributed by atoms with Crippen LogP contribution in [-0.4, -0.2) is 30.7 Å². The number of allylic oxidation sites excluding steroid dienone is 1. The molecule has 2 atom stereocenters. The molecule has 0 fully saturated rings. The number of hydrogen-bond donors (Lipinski definition) is 1. The number of rotatable bonds is 13. The lowest BCUT2D eigenvalue weighted by Gasteiger charge is -2.12. The van der Waals surface area contributed by atoms with E-state index in [1.54, 1.807) is 0 Å². The van der Waals surface area contributed by atoms with E-state index in [2.05, 4.69) is 0 Å². The fraction of sp³-hybridized carbons (Fsp3) is 0.875. The average Bonchev–Trinajstić information content (AvgIpc) is 2.37. The van der Waals surface area contributed by atoms with Crippen molar-refractivity contribution < 1.29 is 14.6 Å². The molecule has 0 aliphatic rings. The van der Waals surface area contributed by atoms with E-state index in [0.717, 1.165) is 25.9 Å². The molecule has 0 saturated carbocycles. The van der Waals surface area contributed by atoms with Crippen molar-refractivity contribution >= 4 is 0 Å². The van der Waals surface area contributed by atoms with E-state index >= 15 is 0 Å². The van der Waals surface area contributed by atoms with Crippen LogP contribution in [0.15, 0.2) is 12.2 Å². The minimum absolute atomic E-state index is 0.0712. The van der Waals surface area contributed by atoms with Crippen LogP contribution in [0.1, 0.15) is 65.7 Å². The first kappa shape index (κ1) is 18.6. The number of aliphatic hydroxyl groups excluding tert-OH is 1. The maximum Gasteiger partial charge on any atom is 0.154 e. The zero-order valence-corrected chi connectivity index (χ0v) is 12.9. The van der Waals surface area contributed by atoms with Crippen LogP contribution in [0, 0.1) is 0 Å². The third kappa shape index (κ3) is 13.8. The van der Waals surface area contributed by atoms with E-state index < -0.39 is 0 Å². The Labute approximate surface area is 119 Å². The van der Waals surface area contributed by atoms with Crippen LogP contribution in [0.4, 0.5) is 0 Å². The molecule has 0 aromatic rings. The lowest BCUT2D eigenvalue weighted by atomic mass is 10.1. The third-order valence-electron chi connectivity index (χ3n) is 3.06. The highest BCUT2D eigenvalue weighted by Crippen LogP contribution is 2.09. The highest BCUT2D eigenvalue weighted by Gasteiger charge is 2.00. The topological polar surface area (TPSA) is 38.7 Å². The van der Waals surface area contributed by atoms with Gasteiger partial charge in [0.05, 0.1) is 6.10 Å². The van der Waals surface area contributed by atoms with Gasteiger partial charge in [0.2, 0.25) is 0 Å². The molecule has 3 heteroatoms. The molecule has 0 aromatic heterocycles. The second-order valence-corrected chi connectivity index (χ2v) is 4.90. The normalized spacial score (nSPS) is 14.9. The molecule has 0 saturated heterocycles. The van der Waals surface area contributed by atoms with Crippen molar-refractivity contribution in [1.82, 2.24) is 0 Å². The molecule has 0 amide bonds. The Morgan fingerprint density at radius 3 is 2.26 bits per heavy atom. The fourth-order valence-electron chi connectivity index (χ4n) is 2.01. The Kier molecular flexibility index (Phi) is 13.8. The molecule has 0 rings (SSSR count). The SMILES string of the molecule is CC=CC(O)CCCCCCCCOC(C)OCC. The maximum atomic E-state index is 9.50. The Balaban J connectivity index is 3.15. The van der Waals surface area contributed by atoms with Gasteiger partial charge < -0.3 is 14.6 Å². The van der Waals surface area contributed by atoms with Crippen molar-refractivity contribution in [1.29, 1.82) is 0 Å². The Hall–Kier alpha value is -0.380. The minimum Gasteiger partial charge on any atom is -0.389 e. The van der Waals surface area contributed by atoms with Crippen LogP contribution in [0.2, 0.25) is 0 Å². The van der Waals surface area contributed by atoms with Gasteiger partial charge in [-0.2, -0.15) is 0 Å². The van der Waals surface area contributed by atoms with Crippen molar-refractivity contribution in [2.24, 2.45) is 0 Å². The molecule has 0 radical (unpaired) electrons. The summed E-state index contributed by atoms with van der Waals surface area (Å²) in [5.41, 5.74) is 0. The molecule has 0 bridgehead atoms. The first-order chi connectivity index (χ1) is 9.20. The molecule has 0 aliphatic heterocycles. The Bertz CT molecular complexity index is 204. The van der Waals surface area contributed by atoms with Gasteiger partial charge in [0.25, 0.3) is 0 Å². The lowest BCUT2D eigenvalue weighted by Crippen LogP contribution is -2.13. The maximum absolute atomic E-state index is 9.50. The number of ether oxygens (including phenoxy) is 2. The fourth-order valence-corrected chi connectivity index (χ4v) is 2.01. The largest absolute Gasteiger partial charge is 0.389 e. The van der Waals surface area contributed by atoms with Crippen molar-refractivity contribution in [3.8, 4) is 0 Å². The molecule has 1 N–H and O–H groups in total. The van der Waals surface area contributed by atoms with E-state index in [1.807, 2.05) is 32.9 Å². The summed E-state index contributed by atoms with van der Waals surface area (Å²) in [6, 6.07) is 0. The van der Waals surface area contributed by atoms with Gasteiger partial charge in [0.15, 0.2) is 6.29 Å². The lowest BCUT2D eigenvalue weighted by molar-refractivity contribution is -0.127. The van der Waals surface area contributed by atoms with Gasteiger partial charge in [-0.1, -0.05) is 44.3 Å². The summed E-state index contributed by atoms with van der Waals surface area (Å²) in [4.78, 5) is 0. The highest BCUT2D eigenvalue weighted by atomic mass is 16.7. The molecule has 19 heavy (non-hydrogen) atoms. The van der Waals surface area contributed by atoms with Crippen LogP contribution in [0.3, 0.4) is 0 Å². The van der Waals surface area contributed by atoms with Gasteiger partial charge in [0, 0.05) is 13.2 Å². The second-order valence-electron chi connectivity index (χ2n) is 4.90. The zero-order valence-electron chi connectivity index (χ0n) is 12.9. The van der Waals surface area contributed by atoms with E-state index in [9.17, 15) is 5.11 Å². The molecule has 0 aliphatic carbocycles. The molecule has 0 aromatic carbocycles. The summed E-state index contributed by atoms with van der Waals surface area (Å²) in [5, 5.41) is 9.50.